The number of nitrogens with one attached hydrogen (secondary N) is 2. The minimum Gasteiger partial charge on any atom is -0.384 e. The van der Waals surface area contributed by atoms with E-state index in [1.165, 1.54) is 12.3 Å². The van der Waals surface area contributed by atoms with Crippen LogP contribution in [-0.2, 0) is 4.74 Å². The van der Waals surface area contributed by atoms with Crippen molar-refractivity contribution in [3.63, 3.8) is 0 Å². The fourth-order valence-corrected chi connectivity index (χ4v) is 1.43. The molecule has 0 aromatic carbocycles. The smallest absolute Gasteiger partial charge is 0.254 e. The zero-order chi connectivity index (χ0) is 13.5. The molecule has 100 valence electrons. The average molecular weight is 256 g/mol. The number of ether oxygens (including phenoxy) is 1. The number of carbonyl (C=O) groups excluding carboxylic acids is 1. The first-order valence-electron chi connectivity index (χ1n) is 5.48. The molecule has 0 saturated heterocycles. The Kier molecular flexibility index (Phi) is 5.47. The van der Waals surface area contributed by atoms with Gasteiger partial charge in [0, 0.05) is 19.9 Å². The molecule has 0 fully saturated rings. The first-order valence-corrected chi connectivity index (χ1v) is 5.48. The van der Waals surface area contributed by atoms with Gasteiger partial charge in [-0.3, -0.25) is 4.79 Å². The minimum absolute atomic E-state index is 0.0948. The van der Waals surface area contributed by atoms with Crippen LogP contribution in [0, 0.1) is 11.7 Å². The maximum absolute atomic E-state index is 13.7. The van der Waals surface area contributed by atoms with Gasteiger partial charge < -0.3 is 15.5 Å². The Morgan fingerprint density at radius 3 is 3.00 bits per heavy atom. The van der Waals surface area contributed by atoms with Gasteiger partial charge in [0.25, 0.3) is 5.91 Å². The van der Waals surface area contributed by atoms with Crippen LogP contribution >= 0.6 is 0 Å². The highest BCUT2D eigenvalue weighted by atomic mass is 19.1. The summed E-state index contributed by atoms with van der Waals surface area (Å²) in [6.07, 6.45) is 1.31. The van der Waals surface area contributed by atoms with Crippen LogP contribution in [0.4, 0.5) is 10.2 Å². The van der Waals surface area contributed by atoms with E-state index in [-0.39, 0.29) is 17.3 Å². The zero-order valence-corrected chi connectivity index (χ0v) is 10.4. The first kappa shape index (κ1) is 14.3. The molecule has 1 atom stereocenters. The number of anilines is 1. The standard InChI is InChI=1S/C11H17FN4O2/c1-7(6-18-2)5-15-11(17)8-3-4-14-10(16-13)9(8)12/h3-4,7H,5-6,13H2,1-2H3,(H,14,16)(H,15,17). The summed E-state index contributed by atoms with van der Waals surface area (Å²) in [6.45, 7) is 2.84. The Hall–Kier alpha value is -1.73. The van der Waals surface area contributed by atoms with E-state index in [1.54, 1.807) is 7.11 Å². The zero-order valence-electron chi connectivity index (χ0n) is 10.4. The molecule has 0 aliphatic heterocycles. The fraction of sp³-hybridized carbons (Fsp3) is 0.455. The van der Waals surface area contributed by atoms with E-state index in [4.69, 9.17) is 10.6 Å². The number of carbonyl (C=O) groups is 1. The third kappa shape index (κ3) is 3.64. The molecule has 18 heavy (non-hydrogen) atoms. The van der Waals surface area contributed by atoms with E-state index in [0.717, 1.165) is 0 Å². The number of halogens is 1. The lowest BCUT2D eigenvalue weighted by Gasteiger charge is -2.12. The van der Waals surface area contributed by atoms with Gasteiger partial charge in [-0.2, -0.15) is 0 Å². The predicted molar refractivity (Wildman–Crippen MR) is 65.4 cm³/mol. The summed E-state index contributed by atoms with van der Waals surface area (Å²) in [5.41, 5.74) is 1.99. The van der Waals surface area contributed by atoms with Gasteiger partial charge in [-0.1, -0.05) is 6.92 Å². The maximum atomic E-state index is 13.7. The van der Waals surface area contributed by atoms with Crippen LogP contribution in [-0.4, -0.2) is 31.2 Å². The third-order valence-corrected chi connectivity index (χ3v) is 2.33. The molecule has 0 bridgehead atoms. The molecular formula is C11H17FN4O2. The lowest BCUT2D eigenvalue weighted by atomic mass is 10.2. The van der Waals surface area contributed by atoms with Gasteiger partial charge in [-0.05, 0) is 12.0 Å². The number of nitrogens with zero attached hydrogens (tertiary/aromatic N) is 1. The summed E-state index contributed by atoms with van der Waals surface area (Å²) in [4.78, 5) is 15.4. The first-order chi connectivity index (χ1) is 8.60. The van der Waals surface area contributed by atoms with Gasteiger partial charge in [-0.25, -0.2) is 15.2 Å². The van der Waals surface area contributed by atoms with Crippen LogP contribution in [0.5, 0.6) is 0 Å². The molecule has 7 heteroatoms. The second-order valence-corrected chi connectivity index (χ2v) is 3.94. The Bertz CT molecular complexity index is 414. The lowest BCUT2D eigenvalue weighted by molar-refractivity contribution is 0.0930. The van der Waals surface area contributed by atoms with Crippen molar-refractivity contribution in [3.8, 4) is 0 Å². The van der Waals surface area contributed by atoms with E-state index in [9.17, 15) is 9.18 Å². The van der Waals surface area contributed by atoms with Crippen molar-refractivity contribution in [1.29, 1.82) is 0 Å². The van der Waals surface area contributed by atoms with Crippen LogP contribution in [0.15, 0.2) is 12.3 Å². The van der Waals surface area contributed by atoms with Crippen LogP contribution in [0.1, 0.15) is 17.3 Å². The molecule has 1 heterocycles. The molecule has 0 aliphatic rings. The molecule has 0 saturated carbocycles. The highest BCUT2D eigenvalue weighted by molar-refractivity contribution is 5.95. The van der Waals surface area contributed by atoms with Gasteiger partial charge in [0.05, 0.1) is 12.2 Å². The molecule has 0 spiro atoms. The summed E-state index contributed by atoms with van der Waals surface area (Å²) >= 11 is 0. The van der Waals surface area contributed by atoms with Crippen molar-refractivity contribution in [3.05, 3.63) is 23.6 Å². The predicted octanol–water partition coefficient (Wildman–Crippen LogP) is 0.519. The number of amides is 1. The summed E-state index contributed by atoms with van der Waals surface area (Å²) < 4.78 is 18.6. The highest BCUT2D eigenvalue weighted by Crippen LogP contribution is 2.13. The second-order valence-electron chi connectivity index (χ2n) is 3.94. The van der Waals surface area contributed by atoms with Gasteiger partial charge in [-0.15, -0.1) is 0 Å². The van der Waals surface area contributed by atoms with Crippen molar-refractivity contribution in [1.82, 2.24) is 10.3 Å². The van der Waals surface area contributed by atoms with E-state index in [1.807, 2.05) is 6.92 Å². The lowest BCUT2D eigenvalue weighted by Crippen LogP contribution is -2.30. The minimum atomic E-state index is -0.767. The van der Waals surface area contributed by atoms with Crippen LogP contribution in [0.3, 0.4) is 0 Å². The Labute approximate surface area is 105 Å². The van der Waals surface area contributed by atoms with E-state index in [0.29, 0.717) is 13.2 Å². The number of methoxy groups -OCH3 is 1. The highest BCUT2D eigenvalue weighted by Gasteiger charge is 2.15. The van der Waals surface area contributed by atoms with Gasteiger partial charge in [0.1, 0.15) is 0 Å². The molecule has 0 radical (unpaired) electrons. The van der Waals surface area contributed by atoms with E-state index >= 15 is 0 Å². The number of nitrogens with two attached hydrogens (primary N) is 1. The number of hydrazine groups is 1. The van der Waals surface area contributed by atoms with E-state index < -0.39 is 11.7 Å². The Morgan fingerprint density at radius 2 is 2.39 bits per heavy atom. The average Bonchev–Trinajstić information content (AvgIpc) is 2.36. The maximum Gasteiger partial charge on any atom is 0.254 e. The molecule has 1 aromatic rings. The number of aromatic nitrogens is 1. The summed E-state index contributed by atoms with van der Waals surface area (Å²) in [5.74, 6) is 3.80. The summed E-state index contributed by atoms with van der Waals surface area (Å²) in [7, 11) is 1.58. The topological polar surface area (TPSA) is 89.3 Å². The molecule has 0 aliphatic carbocycles. The number of nitrogen functional groups attached to an aromatic ring is 1. The number of rotatable bonds is 6. The summed E-state index contributed by atoms with van der Waals surface area (Å²) in [6, 6.07) is 1.30. The van der Waals surface area contributed by atoms with Gasteiger partial charge >= 0.3 is 0 Å². The van der Waals surface area contributed by atoms with Crippen molar-refractivity contribution in [2.45, 2.75) is 6.92 Å². The van der Waals surface area contributed by atoms with Crippen LogP contribution < -0.4 is 16.6 Å². The Morgan fingerprint density at radius 1 is 1.67 bits per heavy atom. The Balaban J connectivity index is 2.67. The summed E-state index contributed by atoms with van der Waals surface area (Å²) in [5, 5.41) is 2.62. The van der Waals surface area contributed by atoms with Crippen molar-refractivity contribution >= 4 is 11.7 Å². The van der Waals surface area contributed by atoms with E-state index in [2.05, 4.69) is 15.7 Å². The normalized spacial score (nSPS) is 12.0. The molecule has 4 N–H and O–H groups in total. The third-order valence-electron chi connectivity index (χ3n) is 2.33. The van der Waals surface area contributed by atoms with Crippen LogP contribution in [0.2, 0.25) is 0 Å². The van der Waals surface area contributed by atoms with Crippen molar-refractivity contribution in [2.75, 3.05) is 25.7 Å². The molecular weight excluding hydrogens is 239 g/mol. The molecule has 1 unspecified atom stereocenters. The molecule has 1 rings (SSSR count). The van der Waals surface area contributed by atoms with Crippen molar-refractivity contribution < 1.29 is 13.9 Å². The van der Waals surface area contributed by atoms with Crippen molar-refractivity contribution in [2.24, 2.45) is 11.8 Å². The second kappa shape index (κ2) is 6.87. The SMILES string of the molecule is COCC(C)CNC(=O)c1ccnc(NN)c1F. The van der Waals surface area contributed by atoms with Crippen LogP contribution in [0.25, 0.3) is 0 Å². The molecule has 6 nitrogen and oxygen atoms in total. The molecule has 1 aromatic heterocycles. The number of hydrogen-bond acceptors (Lipinski definition) is 5. The number of pyridine rings is 1. The molecule has 1 amide bonds. The van der Waals surface area contributed by atoms with Gasteiger partial charge in [0.2, 0.25) is 0 Å². The largest absolute Gasteiger partial charge is 0.384 e. The monoisotopic (exact) mass is 256 g/mol. The number of hydrogen-bond donors (Lipinski definition) is 3. The van der Waals surface area contributed by atoms with Gasteiger partial charge in [0.15, 0.2) is 11.6 Å². The quantitative estimate of drug-likeness (QED) is 0.510. The fourth-order valence-electron chi connectivity index (χ4n) is 1.43.